The van der Waals surface area contributed by atoms with Crippen molar-refractivity contribution in [1.29, 1.82) is 0 Å². The van der Waals surface area contributed by atoms with Crippen molar-refractivity contribution in [1.82, 2.24) is 0 Å². The Labute approximate surface area is 149 Å². The molecule has 24 heavy (non-hydrogen) atoms. The summed E-state index contributed by atoms with van der Waals surface area (Å²) in [6.07, 6.45) is 2.05. The smallest absolute Gasteiger partial charge is 0.224 e. The third kappa shape index (κ3) is 7.02. The number of halogens is 1. The Morgan fingerprint density at radius 2 is 1.88 bits per heavy atom. The topological polar surface area (TPSA) is 64.3 Å². The fraction of sp³-hybridized carbons (Fsp3) is 0.316. The fourth-order valence-electron chi connectivity index (χ4n) is 2.26. The quantitative estimate of drug-likeness (QED) is 0.560. The highest BCUT2D eigenvalue weighted by Crippen LogP contribution is 2.18. The highest BCUT2D eigenvalue weighted by molar-refractivity contribution is 5.92. The van der Waals surface area contributed by atoms with E-state index >= 15 is 0 Å². The summed E-state index contributed by atoms with van der Waals surface area (Å²) in [4.78, 5) is 11.9. The average Bonchev–Trinajstić information content (AvgIpc) is 2.55. The minimum Gasteiger partial charge on any atom is -0.399 e. The Bertz CT molecular complexity index is 633. The summed E-state index contributed by atoms with van der Waals surface area (Å²) in [7, 11) is 0. The van der Waals surface area contributed by atoms with Gasteiger partial charge in [-0.15, -0.1) is 12.4 Å². The highest BCUT2D eigenvalue weighted by atomic mass is 35.5. The van der Waals surface area contributed by atoms with Gasteiger partial charge in [0.2, 0.25) is 5.91 Å². The molecule has 0 aromatic heterocycles. The van der Waals surface area contributed by atoms with Gasteiger partial charge < -0.3 is 15.8 Å². The number of carbonyl (C=O) groups is 1. The number of hydrogen-bond acceptors (Lipinski definition) is 3. The molecule has 0 atom stereocenters. The standard InChI is InChI=1S/C19H24N2O2.ClH/c1-15-9-10-17(20)14-18(15)21-19(22)8-5-12-23-13-11-16-6-3-2-4-7-16;/h2-4,6-7,9-10,14H,5,8,11-13,20H2,1H3,(H,21,22);1H. The first kappa shape index (κ1) is 20.0. The molecule has 0 aliphatic heterocycles. The van der Waals surface area contributed by atoms with Crippen LogP contribution in [0.4, 0.5) is 11.4 Å². The normalized spacial score (nSPS) is 10.0. The number of benzene rings is 2. The SMILES string of the molecule is Cc1ccc(N)cc1NC(=O)CCCOCCc1ccccc1.Cl. The number of nitrogens with two attached hydrogens (primary N) is 1. The highest BCUT2D eigenvalue weighted by Gasteiger charge is 2.05. The summed E-state index contributed by atoms with van der Waals surface area (Å²) in [6, 6.07) is 15.7. The van der Waals surface area contributed by atoms with Crippen LogP contribution in [0.1, 0.15) is 24.0 Å². The van der Waals surface area contributed by atoms with Crippen molar-refractivity contribution in [2.24, 2.45) is 0 Å². The molecule has 130 valence electrons. The third-order valence-electron chi connectivity index (χ3n) is 3.61. The van der Waals surface area contributed by atoms with Crippen LogP contribution in [0, 0.1) is 6.92 Å². The molecular formula is C19H25ClN2O2. The van der Waals surface area contributed by atoms with Crippen molar-refractivity contribution in [3.8, 4) is 0 Å². The van der Waals surface area contributed by atoms with Gasteiger partial charge in [0.1, 0.15) is 0 Å². The Kier molecular flexibility index (Phi) is 8.90. The summed E-state index contributed by atoms with van der Waals surface area (Å²) < 4.78 is 5.58. The Morgan fingerprint density at radius 1 is 1.12 bits per heavy atom. The lowest BCUT2D eigenvalue weighted by atomic mass is 10.1. The van der Waals surface area contributed by atoms with Gasteiger partial charge in [-0.05, 0) is 43.0 Å². The molecule has 1 amide bonds. The van der Waals surface area contributed by atoms with Crippen molar-refractivity contribution < 1.29 is 9.53 Å². The number of hydrogen-bond donors (Lipinski definition) is 2. The van der Waals surface area contributed by atoms with Crippen LogP contribution in [0.3, 0.4) is 0 Å². The monoisotopic (exact) mass is 348 g/mol. The molecule has 0 bridgehead atoms. The van der Waals surface area contributed by atoms with Gasteiger partial charge in [-0.3, -0.25) is 4.79 Å². The van der Waals surface area contributed by atoms with E-state index in [9.17, 15) is 4.79 Å². The van der Waals surface area contributed by atoms with Crippen molar-refractivity contribution in [3.63, 3.8) is 0 Å². The zero-order chi connectivity index (χ0) is 16.5. The van der Waals surface area contributed by atoms with Crippen molar-refractivity contribution in [2.75, 3.05) is 24.3 Å². The molecule has 0 radical (unpaired) electrons. The first-order valence-electron chi connectivity index (χ1n) is 7.93. The van der Waals surface area contributed by atoms with E-state index in [0.717, 1.165) is 17.7 Å². The maximum atomic E-state index is 11.9. The molecule has 2 aromatic rings. The Morgan fingerprint density at radius 3 is 2.62 bits per heavy atom. The maximum Gasteiger partial charge on any atom is 0.224 e. The van der Waals surface area contributed by atoms with Crippen molar-refractivity contribution >= 4 is 29.7 Å². The zero-order valence-corrected chi connectivity index (χ0v) is 14.8. The second kappa shape index (κ2) is 10.7. The lowest BCUT2D eigenvalue weighted by Gasteiger charge is -2.09. The van der Waals surface area contributed by atoms with E-state index in [1.807, 2.05) is 37.3 Å². The predicted molar refractivity (Wildman–Crippen MR) is 102 cm³/mol. The van der Waals surface area contributed by atoms with E-state index in [0.29, 0.717) is 31.7 Å². The van der Waals surface area contributed by atoms with Crippen LogP contribution in [0.2, 0.25) is 0 Å². The molecule has 0 fully saturated rings. The van der Waals surface area contributed by atoms with Gasteiger partial charge in [-0.1, -0.05) is 36.4 Å². The van der Waals surface area contributed by atoms with Gasteiger partial charge in [-0.25, -0.2) is 0 Å². The van der Waals surface area contributed by atoms with Crippen LogP contribution in [0.5, 0.6) is 0 Å². The van der Waals surface area contributed by atoms with E-state index in [4.69, 9.17) is 10.5 Å². The molecule has 3 N–H and O–H groups in total. The lowest BCUT2D eigenvalue weighted by molar-refractivity contribution is -0.116. The molecule has 2 aromatic carbocycles. The zero-order valence-electron chi connectivity index (χ0n) is 14.0. The molecular weight excluding hydrogens is 324 g/mol. The van der Waals surface area contributed by atoms with Crippen LogP contribution in [-0.2, 0) is 16.0 Å². The largest absolute Gasteiger partial charge is 0.399 e. The summed E-state index contributed by atoms with van der Waals surface area (Å²) in [5.41, 5.74) is 9.43. The lowest BCUT2D eigenvalue weighted by Crippen LogP contribution is -2.13. The second-order valence-electron chi connectivity index (χ2n) is 5.57. The maximum absolute atomic E-state index is 11.9. The Hall–Kier alpha value is -2.04. The minimum atomic E-state index is -0.00893. The molecule has 0 heterocycles. The van der Waals surface area contributed by atoms with Crippen LogP contribution >= 0.6 is 12.4 Å². The summed E-state index contributed by atoms with van der Waals surface area (Å²) in [5, 5.41) is 2.89. The van der Waals surface area contributed by atoms with Gasteiger partial charge in [0.15, 0.2) is 0 Å². The van der Waals surface area contributed by atoms with Crippen LogP contribution in [0.25, 0.3) is 0 Å². The molecule has 0 saturated carbocycles. The number of amides is 1. The van der Waals surface area contributed by atoms with E-state index in [1.165, 1.54) is 5.56 Å². The van der Waals surface area contributed by atoms with Crippen LogP contribution in [0.15, 0.2) is 48.5 Å². The van der Waals surface area contributed by atoms with E-state index in [2.05, 4.69) is 17.4 Å². The fourth-order valence-corrected chi connectivity index (χ4v) is 2.26. The number of anilines is 2. The third-order valence-corrected chi connectivity index (χ3v) is 3.61. The van der Waals surface area contributed by atoms with E-state index in [-0.39, 0.29) is 18.3 Å². The van der Waals surface area contributed by atoms with Gasteiger partial charge in [0, 0.05) is 24.4 Å². The van der Waals surface area contributed by atoms with E-state index < -0.39 is 0 Å². The summed E-state index contributed by atoms with van der Waals surface area (Å²) >= 11 is 0. The molecule has 0 unspecified atom stereocenters. The van der Waals surface area contributed by atoms with Crippen LogP contribution in [-0.4, -0.2) is 19.1 Å². The van der Waals surface area contributed by atoms with Crippen molar-refractivity contribution in [2.45, 2.75) is 26.2 Å². The van der Waals surface area contributed by atoms with Gasteiger partial charge in [-0.2, -0.15) is 0 Å². The average molecular weight is 349 g/mol. The molecule has 0 aliphatic carbocycles. The molecule has 5 heteroatoms. The number of ether oxygens (including phenoxy) is 1. The minimum absolute atomic E-state index is 0. The number of aryl methyl sites for hydroxylation is 1. The van der Waals surface area contributed by atoms with Gasteiger partial charge >= 0.3 is 0 Å². The number of nitrogens with one attached hydrogen (secondary N) is 1. The molecule has 0 aliphatic rings. The number of rotatable bonds is 8. The number of nitrogen functional groups attached to an aromatic ring is 1. The second-order valence-corrected chi connectivity index (χ2v) is 5.57. The first-order chi connectivity index (χ1) is 11.1. The molecule has 0 spiro atoms. The molecule has 0 saturated heterocycles. The summed E-state index contributed by atoms with van der Waals surface area (Å²) in [6.45, 7) is 3.22. The predicted octanol–water partition coefficient (Wildman–Crippen LogP) is 3.98. The van der Waals surface area contributed by atoms with E-state index in [1.54, 1.807) is 6.07 Å². The Balaban J connectivity index is 0.00000288. The first-order valence-corrected chi connectivity index (χ1v) is 7.93. The van der Waals surface area contributed by atoms with Gasteiger partial charge in [0.05, 0.1) is 6.61 Å². The summed E-state index contributed by atoms with van der Waals surface area (Å²) in [5.74, 6) is -0.00893. The molecule has 2 rings (SSSR count). The molecule has 4 nitrogen and oxygen atoms in total. The van der Waals surface area contributed by atoms with Crippen LogP contribution < -0.4 is 11.1 Å². The number of carbonyl (C=O) groups excluding carboxylic acids is 1. The van der Waals surface area contributed by atoms with Crippen molar-refractivity contribution in [3.05, 3.63) is 59.7 Å². The van der Waals surface area contributed by atoms with Gasteiger partial charge in [0.25, 0.3) is 0 Å².